The molecule has 2 unspecified atom stereocenters. The van der Waals surface area contributed by atoms with Crippen LogP contribution >= 0.6 is 11.3 Å². The molecule has 2 aromatic heterocycles. The summed E-state index contributed by atoms with van der Waals surface area (Å²) in [6.45, 7) is 6.77. The van der Waals surface area contributed by atoms with Crippen LogP contribution in [0.2, 0.25) is 0 Å². The predicted octanol–water partition coefficient (Wildman–Crippen LogP) is 3.26. The first-order valence-corrected chi connectivity index (χ1v) is 9.07. The third-order valence-corrected chi connectivity index (χ3v) is 5.23. The van der Waals surface area contributed by atoms with Crippen LogP contribution < -0.4 is 15.5 Å². The first-order valence-electron chi connectivity index (χ1n) is 8.19. The Hall–Kier alpha value is -2.15. The first-order chi connectivity index (χ1) is 11.5. The highest BCUT2D eigenvalue weighted by Gasteiger charge is 2.32. The van der Waals surface area contributed by atoms with Crippen molar-refractivity contribution in [1.82, 2.24) is 9.97 Å². The summed E-state index contributed by atoms with van der Waals surface area (Å²) < 4.78 is 0. The molecular formula is C17H23N5OS. The molecule has 0 aliphatic carbocycles. The molecule has 2 aromatic rings. The van der Waals surface area contributed by atoms with Gasteiger partial charge in [0.05, 0.1) is 6.54 Å². The average Bonchev–Trinajstić information content (AvgIpc) is 3.06. The van der Waals surface area contributed by atoms with Gasteiger partial charge in [-0.25, -0.2) is 9.97 Å². The molecule has 2 N–H and O–H groups in total. The Morgan fingerprint density at radius 2 is 2.21 bits per heavy atom. The minimum atomic E-state index is -0.257. The van der Waals surface area contributed by atoms with Gasteiger partial charge in [0.25, 0.3) is 0 Å². The Morgan fingerprint density at radius 1 is 1.42 bits per heavy atom. The van der Waals surface area contributed by atoms with Gasteiger partial charge < -0.3 is 15.5 Å². The molecule has 24 heavy (non-hydrogen) atoms. The lowest BCUT2D eigenvalue weighted by molar-refractivity contribution is -0.118. The predicted molar refractivity (Wildman–Crippen MR) is 98.7 cm³/mol. The molecule has 0 radical (unpaired) electrons. The van der Waals surface area contributed by atoms with E-state index in [0.717, 1.165) is 18.8 Å². The molecule has 1 aliphatic rings. The van der Waals surface area contributed by atoms with Crippen LogP contribution in [0.25, 0.3) is 0 Å². The topological polar surface area (TPSA) is 70.2 Å². The quantitative estimate of drug-likeness (QED) is 0.870. The normalized spacial score (nSPS) is 17.7. The molecule has 1 aliphatic heterocycles. The largest absolute Gasteiger partial charge is 0.356 e. The van der Waals surface area contributed by atoms with Gasteiger partial charge in [-0.05, 0) is 24.3 Å². The lowest BCUT2D eigenvalue weighted by Crippen LogP contribution is -2.44. The highest BCUT2D eigenvalue weighted by molar-refractivity contribution is 7.09. The van der Waals surface area contributed by atoms with Crippen LogP contribution in [0, 0.1) is 12.8 Å². The van der Waals surface area contributed by atoms with Crippen LogP contribution in [0.4, 0.5) is 17.3 Å². The van der Waals surface area contributed by atoms with E-state index in [-0.39, 0.29) is 17.9 Å². The van der Waals surface area contributed by atoms with Crippen molar-refractivity contribution in [2.24, 2.45) is 5.92 Å². The number of anilines is 3. The maximum Gasteiger partial charge on any atom is 0.247 e. The second-order valence-corrected chi connectivity index (χ2v) is 7.28. The second-order valence-electron chi connectivity index (χ2n) is 6.25. The third-order valence-electron chi connectivity index (χ3n) is 4.37. The number of carbonyl (C=O) groups is 1. The summed E-state index contributed by atoms with van der Waals surface area (Å²) in [5, 5.41) is 8.38. The number of hydrogen-bond acceptors (Lipinski definition) is 6. The zero-order chi connectivity index (χ0) is 17.3. The number of nitrogens with zero attached hydrogens (tertiary/aromatic N) is 3. The van der Waals surface area contributed by atoms with Gasteiger partial charge in [-0.2, -0.15) is 0 Å². The Labute approximate surface area is 146 Å². The van der Waals surface area contributed by atoms with Crippen LogP contribution in [0.1, 0.15) is 31.0 Å². The average molecular weight is 345 g/mol. The number of fused-ring (bicyclic) bond motifs is 1. The number of amides is 1. The molecule has 0 saturated carbocycles. The molecule has 3 heterocycles. The number of carbonyl (C=O) groups excluding carboxylic acids is 1. The minimum Gasteiger partial charge on any atom is -0.356 e. The zero-order valence-corrected chi connectivity index (χ0v) is 15.3. The van der Waals surface area contributed by atoms with Gasteiger partial charge in [0.1, 0.15) is 17.6 Å². The van der Waals surface area contributed by atoms with Crippen molar-refractivity contribution in [1.29, 1.82) is 0 Å². The smallest absolute Gasteiger partial charge is 0.247 e. The summed E-state index contributed by atoms with van der Waals surface area (Å²) in [6.07, 6.45) is 0.926. The Bertz CT molecular complexity index is 731. The zero-order valence-electron chi connectivity index (χ0n) is 14.5. The van der Waals surface area contributed by atoms with Crippen molar-refractivity contribution in [3.05, 3.63) is 28.2 Å². The summed E-state index contributed by atoms with van der Waals surface area (Å²) in [5.41, 5.74) is 0.671. The lowest BCUT2D eigenvalue weighted by Gasteiger charge is -2.32. The van der Waals surface area contributed by atoms with Gasteiger partial charge in [0, 0.05) is 11.9 Å². The standard InChI is InChI=1S/C17H23N5OS/c1-5-10(2)13-17(23)21-14-15(20-13)18-11(3)19-16(14)22(4)9-12-7-6-8-24-12/h6-8,10,13H,5,9H2,1-4H3,(H,21,23)(H,18,19,20). The van der Waals surface area contributed by atoms with Gasteiger partial charge in [-0.1, -0.05) is 26.3 Å². The van der Waals surface area contributed by atoms with Crippen molar-refractivity contribution in [2.45, 2.75) is 39.8 Å². The van der Waals surface area contributed by atoms with Crippen LogP contribution in [-0.4, -0.2) is 29.0 Å². The fraction of sp³-hybridized carbons (Fsp3) is 0.471. The van der Waals surface area contributed by atoms with Crippen molar-refractivity contribution < 1.29 is 4.79 Å². The van der Waals surface area contributed by atoms with E-state index < -0.39 is 0 Å². The number of hydrogen-bond donors (Lipinski definition) is 2. The third kappa shape index (κ3) is 3.21. The number of nitrogens with one attached hydrogen (secondary N) is 2. The molecule has 3 rings (SSSR count). The molecule has 0 bridgehead atoms. The SMILES string of the molecule is CCC(C)C1Nc2nc(C)nc(N(C)Cc3cccs3)c2NC1=O. The van der Waals surface area contributed by atoms with E-state index in [1.54, 1.807) is 11.3 Å². The van der Waals surface area contributed by atoms with Crippen molar-refractivity contribution in [2.75, 3.05) is 22.6 Å². The molecule has 0 aromatic carbocycles. The fourth-order valence-electron chi connectivity index (χ4n) is 2.81. The van der Waals surface area contributed by atoms with Gasteiger partial charge in [0.2, 0.25) is 5.91 Å². The van der Waals surface area contributed by atoms with Gasteiger partial charge in [-0.3, -0.25) is 4.79 Å². The molecule has 0 spiro atoms. The molecule has 0 saturated heterocycles. The molecule has 7 heteroatoms. The molecular weight excluding hydrogens is 322 g/mol. The van der Waals surface area contributed by atoms with Crippen molar-refractivity contribution >= 4 is 34.6 Å². The minimum absolute atomic E-state index is 0.0184. The summed E-state index contributed by atoms with van der Waals surface area (Å²) >= 11 is 1.71. The van der Waals surface area contributed by atoms with E-state index in [4.69, 9.17) is 0 Å². The van der Waals surface area contributed by atoms with Gasteiger partial charge >= 0.3 is 0 Å². The van der Waals surface area contributed by atoms with Crippen molar-refractivity contribution in [3.8, 4) is 0 Å². The van der Waals surface area contributed by atoms with Crippen LogP contribution in [-0.2, 0) is 11.3 Å². The van der Waals surface area contributed by atoms with Crippen LogP contribution in [0.3, 0.4) is 0 Å². The number of aromatic nitrogens is 2. The molecule has 0 fully saturated rings. The van der Waals surface area contributed by atoms with E-state index in [9.17, 15) is 4.79 Å². The molecule has 128 valence electrons. The van der Waals surface area contributed by atoms with Crippen molar-refractivity contribution in [3.63, 3.8) is 0 Å². The van der Waals surface area contributed by atoms with E-state index in [0.29, 0.717) is 17.3 Å². The van der Waals surface area contributed by atoms with Crippen LogP contribution in [0.5, 0.6) is 0 Å². The first kappa shape index (κ1) is 16.7. The molecule has 6 nitrogen and oxygen atoms in total. The van der Waals surface area contributed by atoms with Gasteiger partial charge in [0.15, 0.2) is 11.6 Å². The summed E-state index contributed by atoms with van der Waals surface area (Å²) in [6, 6.07) is 3.87. The maximum atomic E-state index is 12.5. The number of aryl methyl sites for hydroxylation is 1. The number of rotatable bonds is 5. The lowest BCUT2D eigenvalue weighted by atomic mass is 9.97. The Kier molecular flexibility index (Phi) is 4.71. The van der Waals surface area contributed by atoms with E-state index >= 15 is 0 Å². The van der Waals surface area contributed by atoms with Gasteiger partial charge in [-0.15, -0.1) is 11.3 Å². The Morgan fingerprint density at radius 3 is 2.88 bits per heavy atom. The maximum absolute atomic E-state index is 12.5. The monoisotopic (exact) mass is 345 g/mol. The highest BCUT2D eigenvalue weighted by Crippen LogP contribution is 2.35. The van der Waals surface area contributed by atoms with E-state index in [1.165, 1.54) is 4.88 Å². The summed E-state index contributed by atoms with van der Waals surface area (Å²) in [4.78, 5) is 24.8. The number of thiophene rings is 1. The van der Waals surface area contributed by atoms with E-state index in [1.807, 2.05) is 24.9 Å². The summed E-state index contributed by atoms with van der Waals surface area (Å²) in [7, 11) is 1.98. The molecule has 2 atom stereocenters. The second kappa shape index (κ2) is 6.76. The van der Waals surface area contributed by atoms with Crippen LogP contribution in [0.15, 0.2) is 17.5 Å². The van der Waals surface area contributed by atoms with E-state index in [2.05, 4.69) is 45.9 Å². The molecule has 1 amide bonds. The Balaban J connectivity index is 1.93. The summed E-state index contributed by atoms with van der Waals surface area (Å²) in [5.74, 6) is 2.36. The fourth-order valence-corrected chi connectivity index (χ4v) is 3.57. The highest BCUT2D eigenvalue weighted by atomic mass is 32.1.